The highest BCUT2D eigenvalue weighted by molar-refractivity contribution is 6.97. The first kappa shape index (κ1) is 80.8. The number of para-hydroxylation sites is 1. The fourth-order valence-corrected chi connectivity index (χ4v) is 28.0. The number of esters is 1. The topological polar surface area (TPSA) is 402 Å². The quantitative estimate of drug-likeness (QED) is 0.0139. The van der Waals surface area contributed by atoms with Crippen molar-refractivity contribution < 1.29 is 67.9 Å². The van der Waals surface area contributed by atoms with E-state index in [1.54, 1.807) is 43.5 Å². The molecule has 7 heterocycles. The van der Waals surface area contributed by atoms with Crippen LogP contribution in [0.4, 0.5) is 23.0 Å². The van der Waals surface area contributed by atoms with Crippen LogP contribution >= 0.6 is 0 Å². The summed E-state index contributed by atoms with van der Waals surface area (Å²) in [5, 5.41) is 73.9. The number of nitrogens with one attached hydrogen (secondary N) is 6. The molecule has 1 saturated heterocycles. The number of H-pyrrole nitrogens is 2. The second kappa shape index (κ2) is 32.0. The predicted octanol–water partition coefficient (Wildman–Crippen LogP) is 7.06. The lowest BCUT2D eigenvalue weighted by Crippen LogP contribution is -2.80. The van der Waals surface area contributed by atoms with Gasteiger partial charge in [0, 0.05) is 113 Å². The lowest BCUT2D eigenvalue weighted by molar-refractivity contribution is -0.196. The van der Waals surface area contributed by atoms with Crippen molar-refractivity contribution in [3.05, 3.63) is 177 Å². The molecule has 3 aromatic heterocycles. The first-order chi connectivity index (χ1) is 53.9. The molecule has 5 aromatic carbocycles. The van der Waals surface area contributed by atoms with Crippen LogP contribution in [0, 0.1) is 5.41 Å². The number of nitrogen functional groups attached to an aromatic ring is 1. The molecule has 2 fully saturated rings. The molecule has 13 N–H and O–H groups in total. The summed E-state index contributed by atoms with van der Waals surface area (Å²) in [6.45, 7) is 15.2. The Labute approximate surface area is 657 Å². The fourth-order valence-electron chi connectivity index (χ4n) is 19.2. The number of carboxylic acid groups (broad SMARTS) is 2. The number of aromatic amines is 2. The smallest absolute Gasteiger partial charge is 0.326 e. The number of β-amino-alcohol motifs (C(OH)–C–C–N with tert-alkyl or cyclic N) is 1. The number of aliphatic carboxylic acids is 2. The highest BCUT2D eigenvalue weighted by Crippen LogP contribution is 2.67. The summed E-state index contributed by atoms with van der Waals surface area (Å²) < 4.78 is 19.9. The predicted molar refractivity (Wildman–Crippen MR) is 435 cm³/mol. The lowest BCUT2D eigenvalue weighted by Gasteiger charge is -2.64. The van der Waals surface area contributed by atoms with Gasteiger partial charge in [0.15, 0.2) is 11.2 Å². The van der Waals surface area contributed by atoms with Gasteiger partial charge in [-0.15, -0.1) is 0 Å². The molecule has 28 nitrogen and oxygen atoms in total. The van der Waals surface area contributed by atoms with E-state index in [-0.39, 0.29) is 67.5 Å². The molecule has 113 heavy (non-hydrogen) atoms. The van der Waals surface area contributed by atoms with Crippen molar-refractivity contribution in [3.8, 4) is 5.75 Å². The molecule has 1 spiro atoms. The van der Waals surface area contributed by atoms with Crippen molar-refractivity contribution in [2.45, 2.75) is 170 Å². The molecule has 8 aromatic rings. The summed E-state index contributed by atoms with van der Waals surface area (Å²) in [6.07, 6.45) is 7.25. The summed E-state index contributed by atoms with van der Waals surface area (Å²) in [6, 6.07) is 30.6. The maximum absolute atomic E-state index is 15.7. The van der Waals surface area contributed by atoms with Gasteiger partial charge in [0.25, 0.3) is 17.4 Å². The summed E-state index contributed by atoms with van der Waals surface area (Å²) in [5.41, 5.74) is 5.51. The molecule has 1 unspecified atom stereocenters. The van der Waals surface area contributed by atoms with E-state index in [0.29, 0.717) is 117 Å². The number of aliphatic hydroxyl groups excluding tert-OH is 1. The van der Waals surface area contributed by atoms with Crippen LogP contribution in [0.3, 0.4) is 0 Å². The van der Waals surface area contributed by atoms with E-state index in [9.17, 15) is 54.3 Å². The van der Waals surface area contributed by atoms with Crippen molar-refractivity contribution in [2.24, 2.45) is 5.41 Å². The highest BCUT2D eigenvalue weighted by Gasteiger charge is 2.77. The third-order valence-corrected chi connectivity index (χ3v) is 33.3. The number of carbonyl (C=O) groups excluding carboxylic acids is 4. The van der Waals surface area contributed by atoms with Crippen molar-refractivity contribution in [3.63, 3.8) is 0 Å². The number of nitrogens with zero attached hydrogens (tertiary/aromatic N) is 6. The molecule has 10 atom stereocenters. The number of aliphatic hydroxyl groups is 3. The standard InChI is InChI=1S/C83H103N13O15Si2/c1-10-79(107)36-16-38-81(77(106)110-6,68-58(35-41-95(12-3)49-79)57-18-13-14-19-61(57)90-68)60-44-59-63(45-64(60)109-5)94(4)75-82(59)39-42-96-40-17-37-80(11-2,74(82)96)76(105)83(75,108)48-87-70(100)50-23-29-55(30-24-50)112(7,8)111-113(9,43-15-20-66(98)99)56-31-27-53(28-32-56)88-65(97)34-33-62(73(103)104)91-71(101)51-21-25-52(26-22-51)85-46-54-47-86-69-67(89-54)72(102)93-78(84)92-69/h13-14,17-19,21-32,37,44-45,47,62,74-76,85,90,105,107-108H,10-12,15-16,20,33-36,38-43,46,48-49H2,1-9H3,(H,87,100)(H,88,97)(H,91,101)(H,98,99)(H,103,104)(H3,84,86,92,93,102)/t62-,74+,75+,76+,79-,80+,81-,82+,83-,113?/m0/s1. The average Bonchev–Trinajstić information content (AvgIpc) is 1.49. The minimum absolute atomic E-state index is 0.0253. The number of amides is 3. The van der Waals surface area contributed by atoms with Crippen LogP contribution < -0.4 is 52.6 Å². The molecule has 4 aliphatic heterocycles. The molecule has 5 aliphatic rings. The van der Waals surface area contributed by atoms with Gasteiger partial charge in [-0.3, -0.25) is 38.7 Å². The van der Waals surface area contributed by atoms with Gasteiger partial charge in [-0.2, -0.15) is 4.98 Å². The van der Waals surface area contributed by atoms with Gasteiger partial charge in [-0.1, -0.05) is 75.4 Å². The molecule has 1 aliphatic carbocycles. The van der Waals surface area contributed by atoms with Crippen molar-refractivity contribution in [2.75, 3.05) is 81.8 Å². The Balaban J connectivity index is 0.710. The Kier molecular flexibility index (Phi) is 22.9. The Morgan fingerprint density at radius 3 is 2.20 bits per heavy atom. The minimum atomic E-state index is -3.04. The third kappa shape index (κ3) is 15.0. The first-order valence-electron chi connectivity index (χ1n) is 39.0. The van der Waals surface area contributed by atoms with E-state index in [1.807, 2.05) is 89.1 Å². The number of carboxylic acids is 2. The second-order valence-corrected chi connectivity index (χ2v) is 39.8. The van der Waals surface area contributed by atoms with Crippen molar-refractivity contribution in [1.82, 2.24) is 45.4 Å². The number of benzene rings is 5. The zero-order valence-electron chi connectivity index (χ0n) is 65.4. The molecule has 598 valence electrons. The molecule has 30 heteroatoms. The maximum atomic E-state index is 15.7. The second-order valence-electron chi connectivity index (χ2n) is 31.8. The molecular formula is C83H103N13O15Si2. The van der Waals surface area contributed by atoms with E-state index >= 15 is 4.79 Å². The van der Waals surface area contributed by atoms with Crippen LogP contribution in [-0.2, 0) is 51.8 Å². The Morgan fingerprint density at radius 1 is 0.805 bits per heavy atom. The van der Waals surface area contributed by atoms with Gasteiger partial charge < -0.3 is 80.9 Å². The molecule has 0 radical (unpaired) electrons. The number of anilines is 4. The van der Waals surface area contributed by atoms with Crippen LogP contribution in [0.15, 0.2) is 132 Å². The molecule has 13 rings (SSSR count). The van der Waals surface area contributed by atoms with E-state index in [1.165, 1.54) is 25.4 Å². The third-order valence-electron chi connectivity index (χ3n) is 24.9. The summed E-state index contributed by atoms with van der Waals surface area (Å²) >= 11 is 0. The number of nitrogens with two attached hydrogens (primary N) is 1. The number of aromatic nitrogens is 5. The number of fused-ring (bicyclic) bond motifs is 5. The van der Waals surface area contributed by atoms with Crippen LogP contribution in [0.5, 0.6) is 5.75 Å². The first-order valence-corrected chi connectivity index (χ1v) is 44.5. The van der Waals surface area contributed by atoms with Gasteiger partial charge in [0.1, 0.15) is 22.8 Å². The average molecular weight is 1580 g/mol. The Bertz CT molecular complexity index is 5050. The summed E-state index contributed by atoms with van der Waals surface area (Å²) in [5.74, 6) is -4.05. The normalized spacial score (nSPS) is 24.4. The Hall–Kier alpha value is -10.2. The number of hydrogen-bond acceptors (Lipinski definition) is 21. The summed E-state index contributed by atoms with van der Waals surface area (Å²) in [7, 11) is -1.01. The maximum Gasteiger partial charge on any atom is 0.326 e. The van der Waals surface area contributed by atoms with Gasteiger partial charge in [-0.05, 0) is 179 Å². The Morgan fingerprint density at radius 2 is 1.51 bits per heavy atom. The molecular weight excluding hydrogens is 1480 g/mol. The number of methoxy groups -OCH3 is 2. The molecule has 1 saturated carbocycles. The zero-order chi connectivity index (χ0) is 80.7. The van der Waals surface area contributed by atoms with Crippen LogP contribution in [0.2, 0.25) is 25.7 Å². The van der Waals surface area contributed by atoms with Crippen molar-refractivity contribution in [1.29, 1.82) is 0 Å². The van der Waals surface area contributed by atoms with Gasteiger partial charge >= 0.3 is 17.9 Å². The van der Waals surface area contributed by atoms with E-state index < -0.39 is 103 Å². The van der Waals surface area contributed by atoms with E-state index in [0.717, 1.165) is 44.6 Å². The minimum Gasteiger partial charge on any atom is -0.496 e. The fraction of sp³-hybridized carbons (Fsp3) is 0.446. The van der Waals surface area contributed by atoms with E-state index in [2.05, 4.69) is 92.1 Å². The van der Waals surface area contributed by atoms with Crippen LogP contribution in [-0.4, -0.2) is 208 Å². The zero-order valence-corrected chi connectivity index (χ0v) is 67.4. The van der Waals surface area contributed by atoms with Crippen LogP contribution in [0.25, 0.3) is 22.1 Å². The highest BCUT2D eigenvalue weighted by atomic mass is 28.4. The van der Waals surface area contributed by atoms with Gasteiger partial charge in [-0.25, -0.2) is 14.8 Å². The number of likely N-dealkylation sites (N-methyl/N-ethyl adjacent to an activating group) is 2. The number of carbonyl (C=O) groups is 6. The largest absolute Gasteiger partial charge is 0.496 e. The van der Waals surface area contributed by atoms with Gasteiger partial charge in [0.05, 0.1) is 56.9 Å². The van der Waals surface area contributed by atoms with Crippen molar-refractivity contribution >= 4 is 108 Å². The number of hydrogen-bond donors (Lipinski definition) is 12. The summed E-state index contributed by atoms with van der Waals surface area (Å²) in [4.78, 5) is 119. The number of ether oxygens (including phenoxy) is 2. The molecule has 0 bridgehead atoms. The monoisotopic (exact) mass is 1580 g/mol. The SMILES string of the molecule is CCN1CCc2c([nH]c3ccccc23)[C@@](C(=O)OC)(c2cc3c(cc2OC)N(C)[C@H]2[C@@](O)(CNC(=O)c4ccc([Si](C)(C)O[Si](C)(CCCC(=O)O)c5ccc(NC(=O)CC[C@H](NC(=O)c6ccc(NCc7cnc8nc(N)[nH]c(=O)c8n7)cc6)C(=O)O)cc5)cc4)[C@H](O)[C@]4(CC)C=CCN5CC[C@]32[C@H]54)CCC[C@@](O)(CC)C1. The van der Waals surface area contributed by atoms with Gasteiger partial charge in [0.2, 0.25) is 28.5 Å². The number of rotatable bonds is 27. The van der Waals surface area contributed by atoms with Crippen LogP contribution in [0.1, 0.15) is 134 Å². The lowest BCUT2D eigenvalue weighted by atomic mass is 9.47. The van der Waals surface area contributed by atoms with E-state index in [4.69, 9.17) is 19.3 Å². The molecule has 3 amide bonds.